The molecule has 0 radical (unpaired) electrons. The lowest BCUT2D eigenvalue weighted by molar-refractivity contribution is -0.0100. The molecule has 0 saturated carbocycles. The Kier molecular flexibility index (Phi) is 2.23. The van der Waals surface area contributed by atoms with Crippen LogP contribution in [-0.4, -0.2) is 36.8 Å². The van der Waals surface area contributed by atoms with Gasteiger partial charge in [0, 0.05) is 26.7 Å². The molecule has 1 unspecified atom stereocenters. The van der Waals surface area contributed by atoms with Crippen LogP contribution in [-0.2, 0) is 0 Å². The van der Waals surface area contributed by atoms with Gasteiger partial charge in [0.2, 0.25) is 0 Å². The van der Waals surface area contributed by atoms with Crippen molar-refractivity contribution in [3.05, 3.63) is 0 Å². The topological polar surface area (TPSA) is 18.5 Å². The fourth-order valence-electron chi connectivity index (χ4n) is 1.54. The molecule has 1 heterocycles. The van der Waals surface area contributed by atoms with Crippen molar-refractivity contribution in [3.63, 3.8) is 0 Å². The highest BCUT2D eigenvalue weighted by Crippen LogP contribution is 2.25. The summed E-state index contributed by atoms with van der Waals surface area (Å²) in [4.78, 5) is 0. The van der Waals surface area contributed by atoms with Crippen molar-refractivity contribution in [1.29, 1.82) is 0 Å². The summed E-state index contributed by atoms with van der Waals surface area (Å²) >= 11 is 0. The molecule has 66 valence electrons. The van der Waals surface area contributed by atoms with Gasteiger partial charge in [-0.25, -0.2) is 10.4 Å². The van der Waals surface area contributed by atoms with Gasteiger partial charge < -0.3 is 0 Å². The number of hydrogen-bond donors (Lipinski definition) is 1. The zero-order valence-electron chi connectivity index (χ0n) is 8.18. The first kappa shape index (κ1) is 8.97. The van der Waals surface area contributed by atoms with Crippen LogP contribution in [0.2, 0.25) is 0 Å². The summed E-state index contributed by atoms with van der Waals surface area (Å²) in [5.74, 6) is 0. The Morgan fingerprint density at radius 2 is 1.82 bits per heavy atom. The van der Waals surface area contributed by atoms with E-state index < -0.39 is 0 Å². The molecule has 11 heavy (non-hydrogen) atoms. The first-order valence-corrected chi connectivity index (χ1v) is 4.13. The molecule has 3 nitrogen and oxygen atoms in total. The molecular formula is C8H19N3. The molecule has 0 aromatic rings. The van der Waals surface area contributed by atoms with Crippen LogP contribution in [0.5, 0.6) is 0 Å². The molecule has 0 amide bonds. The molecule has 1 fully saturated rings. The Bertz CT molecular complexity index is 139. The standard InChI is InChI=1S/C8H19N3/c1-8(2,3)7-6-9-11(5)10(7)4/h7,9H,6H2,1-5H3. The summed E-state index contributed by atoms with van der Waals surface area (Å²) in [6, 6.07) is 0.604. The molecule has 1 aliphatic rings. The predicted octanol–water partition coefficient (Wildman–Crippen LogP) is 0.698. The maximum absolute atomic E-state index is 3.29. The molecule has 1 rings (SSSR count). The maximum atomic E-state index is 3.29. The molecule has 1 N–H and O–H groups in total. The molecular weight excluding hydrogens is 138 g/mol. The third-order valence-electron chi connectivity index (χ3n) is 2.44. The molecule has 1 atom stereocenters. The van der Waals surface area contributed by atoms with E-state index in [0.29, 0.717) is 11.5 Å². The van der Waals surface area contributed by atoms with Crippen LogP contribution in [0.25, 0.3) is 0 Å². The highest BCUT2D eigenvalue weighted by Gasteiger charge is 2.34. The van der Waals surface area contributed by atoms with Gasteiger partial charge >= 0.3 is 0 Å². The molecule has 0 bridgehead atoms. The summed E-state index contributed by atoms with van der Waals surface area (Å²) in [6.45, 7) is 7.87. The second-order valence-corrected chi connectivity index (χ2v) is 4.34. The minimum Gasteiger partial charge on any atom is -0.240 e. The van der Waals surface area contributed by atoms with Crippen LogP contribution in [0.1, 0.15) is 20.8 Å². The molecule has 0 spiro atoms. The third kappa shape index (κ3) is 1.72. The van der Waals surface area contributed by atoms with Gasteiger partial charge in [-0.15, -0.1) is 0 Å². The van der Waals surface area contributed by atoms with E-state index in [9.17, 15) is 0 Å². The zero-order chi connectivity index (χ0) is 8.65. The highest BCUT2D eigenvalue weighted by molar-refractivity contribution is 4.84. The summed E-state index contributed by atoms with van der Waals surface area (Å²) < 4.78 is 0. The zero-order valence-corrected chi connectivity index (χ0v) is 8.18. The van der Waals surface area contributed by atoms with E-state index in [0.717, 1.165) is 6.54 Å². The van der Waals surface area contributed by atoms with E-state index in [4.69, 9.17) is 0 Å². The van der Waals surface area contributed by atoms with Crippen molar-refractivity contribution < 1.29 is 0 Å². The Morgan fingerprint density at radius 1 is 1.27 bits per heavy atom. The van der Waals surface area contributed by atoms with Gasteiger partial charge in [0.15, 0.2) is 0 Å². The molecule has 1 aliphatic heterocycles. The molecule has 0 aromatic carbocycles. The fraction of sp³-hybridized carbons (Fsp3) is 1.00. The quantitative estimate of drug-likeness (QED) is 0.558. The summed E-state index contributed by atoms with van der Waals surface area (Å²) in [5.41, 5.74) is 3.64. The largest absolute Gasteiger partial charge is 0.240 e. The van der Waals surface area contributed by atoms with Crippen molar-refractivity contribution in [2.75, 3.05) is 20.6 Å². The molecule has 0 aliphatic carbocycles. The number of hydrazine groups is 2. The van der Waals surface area contributed by atoms with E-state index in [1.165, 1.54) is 0 Å². The van der Waals surface area contributed by atoms with Gasteiger partial charge in [-0.2, -0.15) is 5.12 Å². The third-order valence-corrected chi connectivity index (χ3v) is 2.44. The number of rotatable bonds is 0. The van der Waals surface area contributed by atoms with E-state index in [-0.39, 0.29) is 0 Å². The van der Waals surface area contributed by atoms with Crippen LogP contribution in [0.15, 0.2) is 0 Å². The molecule has 1 saturated heterocycles. The fourth-order valence-corrected chi connectivity index (χ4v) is 1.54. The average Bonchev–Trinajstić information content (AvgIpc) is 2.11. The molecule has 0 aromatic heterocycles. The monoisotopic (exact) mass is 157 g/mol. The number of hydrogen-bond acceptors (Lipinski definition) is 3. The predicted molar refractivity (Wildman–Crippen MR) is 46.8 cm³/mol. The summed E-state index contributed by atoms with van der Waals surface area (Å²) in [7, 11) is 4.17. The summed E-state index contributed by atoms with van der Waals surface area (Å²) in [5, 5.41) is 4.30. The minimum absolute atomic E-state index is 0.354. The van der Waals surface area contributed by atoms with Crippen LogP contribution in [0.3, 0.4) is 0 Å². The van der Waals surface area contributed by atoms with Gasteiger partial charge in [-0.05, 0) is 5.41 Å². The number of nitrogens with zero attached hydrogens (tertiary/aromatic N) is 2. The first-order chi connectivity index (χ1) is 4.93. The van der Waals surface area contributed by atoms with Crippen LogP contribution in [0, 0.1) is 5.41 Å². The first-order valence-electron chi connectivity index (χ1n) is 4.13. The van der Waals surface area contributed by atoms with Gasteiger partial charge in [-0.3, -0.25) is 0 Å². The van der Waals surface area contributed by atoms with Gasteiger partial charge in [0.05, 0.1) is 0 Å². The van der Waals surface area contributed by atoms with Crippen molar-refractivity contribution in [2.45, 2.75) is 26.8 Å². The van der Waals surface area contributed by atoms with E-state index in [1.807, 2.05) is 7.05 Å². The number of likely N-dealkylation sites (N-methyl/N-ethyl adjacent to an activating group) is 1. The van der Waals surface area contributed by atoms with E-state index in [1.54, 1.807) is 0 Å². The van der Waals surface area contributed by atoms with Gasteiger partial charge in [-0.1, -0.05) is 20.8 Å². The number of nitrogens with one attached hydrogen (secondary N) is 1. The van der Waals surface area contributed by atoms with Gasteiger partial charge in [0.25, 0.3) is 0 Å². The smallest absolute Gasteiger partial charge is 0.0443 e. The minimum atomic E-state index is 0.354. The Hall–Kier alpha value is -0.120. The van der Waals surface area contributed by atoms with Gasteiger partial charge in [0.1, 0.15) is 0 Å². The second kappa shape index (κ2) is 2.73. The lowest BCUT2D eigenvalue weighted by atomic mass is 9.87. The van der Waals surface area contributed by atoms with Crippen molar-refractivity contribution in [1.82, 2.24) is 15.6 Å². The van der Waals surface area contributed by atoms with Crippen LogP contribution < -0.4 is 5.43 Å². The Balaban J connectivity index is 2.62. The lowest BCUT2D eigenvalue weighted by Crippen LogP contribution is -2.43. The highest BCUT2D eigenvalue weighted by atomic mass is 15.8. The van der Waals surface area contributed by atoms with Crippen LogP contribution in [0.4, 0.5) is 0 Å². The second-order valence-electron chi connectivity index (χ2n) is 4.34. The SMILES string of the molecule is CN1NCC(C(C)(C)C)N1C. The Morgan fingerprint density at radius 3 is 2.00 bits per heavy atom. The van der Waals surface area contributed by atoms with Crippen LogP contribution >= 0.6 is 0 Å². The van der Waals surface area contributed by atoms with Crippen molar-refractivity contribution in [3.8, 4) is 0 Å². The summed E-state index contributed by atoms with van der Waals surface area (Å²) in [6.07, 6.45) is 0. The van der Waals surface area contributed by atoms with Crippen molar-refractivity contribution >= 4 is 0 Å². The Labute approximate surface area is 69.3 Å². The van der Waals surface area contributed by atoms with E-state index in [2.05, 4.69) is 43.4 Å². The van der Waals surface area contributed by atoms with E-state index >= 15 is 0 Å². The molecule has 3 heteroatoms. The maximum Gasteiger partial charge on any atom is 0.0443 e. The van der Waals surface area contributed by atoms with Crippen molar-refractivity contribution in [2.24, 2.45) is 5.41 Å². The average molecular weight is 157 g/mol. The normalized spacial score (nSPS) is 29.7. The lowest BCUT2D eigenvalue weighted by Gasteiger charge is -2.33.